The van der Waals surface area contributed by atoms with E-state index in [2.05, 4.69) is 22.1 Å². The summed E-state index contributed by atoms with van der Waals surface area (Å²) in [6.45, 7) is 3.54. The number of fused-ring (bicyclic) bond motifs is 2. The second-order valence-corrected chi connectivity index (χ2v) is 9.70. The number of morpholine rings is 1. The number of pyridine rings is 1. The van der Waals surface area contributed by atoms with Gasteiger partial charge < -0.3 is 19.9 Å². The molecule has 5 rings (SSSR count). The molecule has 0 saturated carbocycles. The molecule has 0 unspecified atom stereocenters. The number of nitrogens with zero attached hydrogens (tertiary/aromatic N) is 4. The Morgan fingerprint density at radius 3 is 2.69 bits per heavy atom. The maximum absolute atomic E-state index is 14.1. The number of hydrogen-bond acceptors (Lipinski definition) is 6. The van der Waals surface area contributed by atoms with Crippen LogP contribution in [0.1, 0.15) is 25.3 Å². The monoisotopic (exact) mass is 507 g/mol. The Balaban J connectivity index is 1.45. The summed E-state index contributed by atoms with van der Waals surface area (Å²) in [6.07, 6.45) is -2.46. The molecule has 0 spiro atoms. The number of carbonyl (C=O) groups excluding carboxylic acids is 1. The quantitative estimate of drug-likeness (QED) is 0.625. The maximum Gasteiger partial charge on any atom is 0.401 e. The van der Waals surface area contributed by atoms with Gasteiger partial charge in [0.2, 0.25) is 5.91 Å². The molecule has 36 heavy (non-hydrogen) atoms. The molecule has 1 N–H and O–H groups in total. The molecule has 1 amide bonds. The van der Waals surface area contributed by atoms with E-state index in [1.165, 1.54) is 11.0 Å². The van der Waals surface area contributed by atoms with Gasteiger partial charge >= 0.3 is 6.18 Å². The number of likely N-dealkylation sites (tertiary alicyclic amines) is 1. The normalized spacial score (nSPS) is 21.4. The zero-order valence-electron chi connectivity index (χ0n) is 20.0. The largest absolute Gasteiger partial charge is 0.401 e. The van der Waals surface area contributed by atoms with Crippen LogP contribution in [-0.4, -0.2) is 67.4 Å². The second kappa shape index (κ2) is 9.85. The fraction of sp³-hybridized carbons (Fsp3) is 0.520. The zero-order valence-corrected chi connectivity index (χ0v) is 20.0. The molecule has 0 aliphatic carbocycles. The summed E-state index contributed by atoms with van der Waals surface area (Å²) in [6, 6.07) is 7.33. The number of carbonyl (C=O) groups is 1. The van der Waals surface area contributed by atoms with Crippen molar-refractivity contribution in [2.45, 2.75) is 38.5 Å². The van der Waals surface area contributed by atoms with Crippen LogP contribution in [0.4, 0.5) is 40.4 Å². The Hall–Kier alpha value is -2.92. The van der Waals surface area contributed by atoms with Gasteiger partial charge in [0.25, 0.3) is 0 Å². The summed E-state index contributed by atoms with van der Waals surface area (Å²) in [5.74, 6) is -0.622. The molecule has 1 aromatic heterocycles. The summed E-state index contributed by atoms with van der Waals surface area (Å²) < 4.78 is 58.1. The molecule has 0 radical (unpaired) electrons. The van der Waals surface area contributed by atoms with Gasteiger partial charge in [0, 0.05) is 29.8 Å². The van der Waals surface area contributed by atoms with Gasteiger partial charge in [-0.15, -0.1) is 0 Å². The van der Waals surface area contributed by atoms with E-state index in [0.717, 1.165) is 11.9 Å². The minimum atomic E-state index is -4.26. The number of piperidine rings is 1. The molecule has 2 fully saturated rings. The van der Waals surface area contributed by atoms with Gasteiger partial charge in [-0.3, -0.25) is 9.69 Å². The van der Waals surface area contributed by atoms with Crippen LogP contribution < -0.4 is 15.1 Å². The number of nitrogens with one attached hydrogen (secondary N) is 1. The molecule has 1 atom stereocenters. The zero-order chi connectivity index (χ0) is 25.4. The summed E-state index contributed by atoms with van der Waals surface area (Å²) >= 11 is 0. The lowest BCUT2D eigenvalue weighted by molar-refractivity contribution is -0.149. The summed E-state index contributed by atoms with van der Waals surface area (Å²) in [4.78, 5) is 23.2. The van der Waals surface area contributed by atoms with Crippen LogP contribution in [0.5, 0.6) is 0 Å². The molecule has 0 bridgehead atoms. The molecule has 11 heteroatoms. The van der Waals surface area contributed by atoms with Gasteiger partial charge in [-0.2, -0.15) is 13.2 Å². The van der Waals surface area contributed by atoms with Gasteiger partial charge in [0.15, 0.2) is 0 Å². The minimum Gasteiger partial charge on any atom is -0.377 e. The molecule has 2 saturated heterocycles. The van der Waals surface area contributed by atoms with E-state index in [1.807, 2.05) is 18.2 Å². The van der Waals surface area contributed by atoms with Crippen molar-refractivity contribution in [3.05, 3.63) is 41.8 Å². The van der Waals surface area contributed by atoms with E-state index in [0.29, 0.717) is 55.4 Å². The lowest BCUT2D eigenvalue weighted by Gasteiger charge is -2.37. The van der Waals surface area contributed by atoms with E-state index < -0.39 is 24.5 Å². The number of amides is 1. The van der Waals surface area contributed by atoms with Crippen molar-refractivity contribution in [2.24, 2.45) is 5.92 Å². The van der Waals surface area contributed by atoms with E-state index >= 15 is 0 Å². The predicted molar refractivity (Wildman–Crippen MR) is 128 cm³/mol. The molecular weight excluding hydrogens is 478 g/mol. The summed E-state index contributed by atoms with van der Waals surface area (Å²) in [5.41, 5.74) is 2.79. The third-order valence-electron chi connectivity index (χ3n) is 7.09. The molecule has 2 aromatic rings. The number of halogens is 4. The van der Waals surface area contributed by atoms with Crippen molar-refractivity contribution in [3.8, 4) is 0 Å². The summed E-state index contributed by atoms with van der Waals surface area (Å²) in [7, 11) is 0. The molecule has 4 heterocycles. The van der Waals surface area contributed by atoms with Crippen LogP contribution in [0.15, 0.2) is 30.5 Å². The summed E-state index contributed by atoms with van der Waals surface area (Å²) in [5, 5.41) is 3.24. The van der Waals surface area contributed by atoms with Gasteiger partial charge in [-0.25, -0.2) is 9.37 Å². The first kappa shape index (κ1) is 24.8. The third kappa shape index (κ3) is 5.27. The SMILES string of the molecule is C[C@H]1COCCN1c1ccc2c(c1)N(C(=O)C1CCN(CC(F)(F)F)CC1)Cc1cc(F)cnc1N2. The molecule has 7 nitrogen and oxygen atoms in total. The van der Waals surface area contributed by atoms with Crippen molar-refractivity contribution >= 4 is 28.8 Å². The number of aromatic nitrogens is 1. The number of alkyl halides is 3. The number of rotatable bonds is 3. The van der Waals surface area contributed by atoms with Crippen molar-refractivity contribution in [2.75, 3.05) is 54.5 Å². The van der Waals surface area contributed by atoms with Crippen molar-refractivity contribution in [1.29, 1.82) is 0 Å². The first-order valence-electron chi connectivity index (χ1n) is 12.2. The Kier molecular flexibility index (Phi) is 6.78. The lowest BCUT2D eigenvalue weighted by Crippen LogP contribution is -2.45. The first-order valence-corrected chi connectivity index (χ1v) is 12.2. The number of ether oxygens (including phenoxy) is 1. The number of hydrogen-bond donors (Lipinski definition) is 1. The maximum atomic E-state index is 14.1. The Morgan fingerprint density at radius 1 is 1.19 bits per heavy atom. The van der Waals surface area contributed by atoms with Gasteiger partial charge in [-0.05, 0) is 57.1 Å². The van der Waals surface area contributed by atoms with E-state index in [1.54, 1.807) is 4.90 Å². The standard InChI is InChI=1S/C25H29F4N5O2/c1-16-14-36-9-8-33(16)20-2-3-21-22(11-20)34(13-18-10-19(26)12-30-23(18)31-21)24(35)17-4-6-32(7-5-17)15-25(27,28)29/h2-3,10-12,16-17H,4-9,13-15H2,1H3,(H,30,31)/t16-/m0/s1. The lowest BCUT2D eigenvalue weighted by atomic mass is 9.94. The van der Waals surface area contributed by atoms with Gasteiger partial charge in [0.05, 0.1) is 43.9 Å². The Bertz CT molecular complexity index is 1120. The van der Waals surface area contributed by atoms with Crippen LogP contribution in [0.3, 0.4) is 0 Å². The van der Waals surface area contributed by atoms with Crippen LogP contribution in [-0.2, 0) is 16.1 Å². The fourth-order valence-corrected chi connectivity index (χ4v) is 5.24. The van der Waals surface area contributed by atoms with Gasteiger partial charge in [-0.1, -0.05) is 0 Å². The minimum absolute atomic E-state index is 0.115. The smallest absolute Gasteiger partial charge is 0.377 e. The molecule has 194 valence electrons. The molecule has 3 aliphatic heterocycles. The van der Waals surface area contributed by atoms with Crippen molar-refractivity contribution in [1.82, 2.24) is 9.88 Å². The molecular formula is C25H29F4N5O2. The fourth-order valence-electron chi connectivity index (χ4n) is 5.24. The number of benzene rings is 1. The van der Waals surface area contributed by atoms with Crippen molar-refractivity contribution < 1.29 is 27.1 Å². The molecule has 3 aliphatic rings. The number of anilines is 4. The van der Waals surface area contributed by atoms with Crippen molar-refractivity contribution in [3.63, 3.8) is 0 Å². The van der Waals surface area contributed by atoms with E-state index in [4.69, 9.17) is 4.74 Å². The van der Waals surface area contributed by atoms with Crippen LogP contribution in [0, 0.1) is 11.7 Å². The predicted octanol–water partition coefficient (Wildman–Crippen LogP) is 4.31. The van der Waals surface area contributed by atoms with Crippen LogP contribution in [0.25, 0.3) is 0 Å². The third-order valence-corrected chi connectivity index (χ3v) is 7.09. The van der Waals surface area contributed by atoms with Gasteiger partial charge in [0.1, 0.15) is 11.6 Å². The van der Waals surface area contributed by atoms with Crippen LogP contribution in [0.2, 0.25) is 0 Å². The average Bonchev–Trinajstić information content (AvgIpc) is 2.99. The average molecular weight is 508 g/mol. The van der Waals surface area contributed by atoms with E-state index in [9.17, 15) is 22.4 Å². The highest BCUT2D eigenvalue weighted by Crippen LogP contribution is 2.40. The van der Waals surface area contributed by atoms with E-state index in [-0.39, 0.29) is 31.6 Å². The first-order chi connectivity index (χ1) is 17.2. The highest BCUT2D eigenvalue weighted by atomic mass is 19.4. The topological polar surface area (TPSA) is 60.9 Å². The van der Waals surface area contributed by atoms with Crippen LogP contribution >= 0.6 is 0 Å². The highest BCUT2D eigenvalue weighted by molar-refractivity contribution is 6.00. The Morgan fingerprint density at radius 2 is 1.97 bits per heavy atom. The second-order valence-electron chi connectivity index (χ2n) is 9.70. The molecule has 1 aromatic carbocycles. The highest BCUT2D eigenvalue weighted by Gasteiger charge is 2.36. The Labute approximate surface area is 207 Å².